The first-order valence-electron chi connectivity index (χ1n) is 6.11. The molecule has 0 heterocycles. The molecule has 2 N–H and O–H groups in total. The number of nitrogens with two attached hydrogens (primary N) is 1. The Morgan fingerprint density at radius 1 is 1.39 bits per heavy atom. The first kappa shape index (κ1) is 15.1. The first-order chi connectivity index (χ1) is 8.32. The summed E-state index contributed by atoms with van der Waals surface area (Å²) in [7, 11) is 2.01. The SMILES string of the molecule is CC(C)C(C)N(C)Cc1ccc(C(N)=S)cc1F. The number of rotatable bonds is 5. The molecule has 0 aromatic heterocycles. The maximum Gasteiger partial charge on any atom is 0.128 e. The highest BCUT2D eigenvalue weighted by atomic mass is 32.1. The van der Waals surface area contributed by atoms with Crippen molar-refractivity contribution in [2.75, 3.05) is 7.05 Å². The zero-order chi connectivity index (χ0) is 13.9. The lowest BCUT2D eigenvalue weighted by Gasteiger charge is -2.28. The summed E-state index contributed by atoms with van der Waals surface area (Å²) in [6.45, 7) is 7.05. The van der Waals surface area contributed by atoms with Crippen LogP contribution in [0.1, 0.15) is 31.9 Å². The number of hydrogen-bond acceptors (Lipinski definition) is 2. The van der Waals surface area contributed by atoms with Crippen LogP contribution in [0.4, 0.5) is 4.39 Å². The molecule has 4 heteroatoms. The van der Waals surface area contributed by atoms with Crippen LogP contribution in [-0.2, 0) is 6.54 Å². The van der Waals surface area contributed by atoms with Crippen molar-refractivity contribution in [3.63, 3.8) is 0 Å². The average molecular weight is 268 g/mol. The quantitative estimate of drug-likeness (QED) is 0.833. The number of halogens is 1. The monoisotopic (exact) mass is 268 g/mol. The fourth-order valence-electron chi connectivity index (χ4n) is 1.75. The summed E-state index contributed by atoms with van der Waals surface area (Å²) in [4.78, 5) is 2.37. The van der Waals surface area contributed by atoms with Gasteiger partial charge in [-0.1, -0.05) is 38.2 Å². The van der Waals surface area contributed by atoms with E-state index in [0.29, 0.717) is 29.6 Å². The highest BCUT2D eigenvalue weighted by Crippen LogP contribution is 2.16. The molecular weight excluding hydrogens is 247 g/mol. The molecule has 0 aliphatic rings. The van der Waals surface area contributed by atoms with Crippen LogP contribution in [0.2, 0.25) is 0 Å². The van der Waals surface area contributed by atoms with Crippen molar-refractivity contribution in [2.24, 2.45) is 11.7 Å². The van der Waals surface area contributed by atoms with Crippen LogP contribution in [0.5, 0.6) is 0 Å². The lowest BCUT2D eigenvalue weighted by atomic mass is 10.0. The summed E-state index contributed by atoms with van der Waals surface area (Å²) in [5.41, 5.74) is 6.72. The van der Waals surface area contributed by atoms with Crippen molar-refractivity contribution in [3.8, 4) is 0 Å². The molecule has 1 aromatic rings. The van der Waals surface area contributed by atoms with Crippen LogP contribution in [0, 0.1) is 11.7 Å². The Kier molecular flexibility index (Phi) is 5.23. The van der Waals surface area contributed by atoms with Crippen LogP contribution in [-0.4, -0.2) is 23.0 Å². The molecule has 0 radical (unpaired) electrons. The molecule has 0 fully saturated rings. The topological polar surface area (TPSA) is 29.3 Å². The number of nitrogens with zero attached hydrogens (tertiary/aromatic N) is 1. The zero-order valence-corrected chi connectivity index (χ0v) is 12.2. The van der Waals surface area contributed by atoms with E-state index in [9.17, 15) is 4.39 Å². The normalized spacial score (nSPS) is 13.1. The van der Waals surface area contributed by atoms with Crippen LogP contribution >= 0.6 is 12.2 Å². The summed E-state index contributed by atoms with van der Waals surface area (Å²) in [5.74, 6) is 0.289. The molecule has 18 heavy (non-hydrogen) atoms. The minimum atomic E-state index is -0.247. The molecule has 0 bridgehead atoms. The molecule has 2 nitrogen and oxygen atoms in total. The lowest BCUT2D eigenvalue weighted by Crippen LogP contribution is -2.33. The smallest absolute Gasteiger partial charge is 0.128 e. The molecule has 0 aliphatic carbocycles. The third-order valence-corrected chi connectivity index (χ3v) is 3.65. The molecule has 0 amide bonds. The molecule has 1 unspecified atom stereocenters. The second-order valence-corrected chi connectivity index (χ2v) is 5.51. The summed E-state index contributed by atoms with van der Waals surface area (Å²) in [5, 5.41) is 0. The van der Waals surface area contributed by atoms with Crippen LogP contribution in [0.25, 0.3) is 0 Å². The molecule has 0 spiro atoms. The number of hydrogen-bond donors (Lipinski definition) is 1. The second-order valence-electron chi connectivity index (χ2n) is 5.07. The van der Waals surface area contributed by atoms with E-state index in [1.165, 1.54) is 6.07 Å². The molecule has 1 aromatic carbocycles. The lowest BCUT2D eigenvalue weighted by molar-refractivity contribution is 0.198. The van der Waals surface area contributed by atoms with Gasteiger partial charge in [-0.25, -0.2) is 4.39 Å². The van der Waals surface area contributed by atoms with Crippen LogP contribution in [0.3, 0.4) is 0 Å². The van der Waals surface area contributed by atoms with Gasteiger partial charge in [0, 0.05) is 23.7 Å². The van der Waals surface area contributed by atoms with Gasteiger partial charge in [-0.05, 0) is 26.0 Å². The Hall–Kier alpha value is -1.00. The second kappa shape index (κ2) is 6.25. The van der Waals surface area contributed by atoms with Crippen molar-refractivity contribution in [1.29, 1.82) is 0 Å². The van der Waals surface area contributed by atoms with Gasteiger partial charge in [0.15, 0.2) is 0 Å². The first-order valence-corrected chi connectivity index (χ1v) is 6.52. The third kappa shape index (κ3) is 3.75. The van der Waals surface area contributed by atoms with E-state index in [2.05, 4.69) is 25.7 Å². The predicted molar refractivity (Wildman–Crippen MR) is 78.1 cm³/mol. The Morgan fingerprint density at radius 3 is 2.44 bits per heavy atom. The molecule has 0 aliphatic heterocycles. The standard InChI is InChI=1S/C14H21FN2S/c1-9(2)10(3)17(4)8-12-6-5-11(14(16)18)7-13(12)15/h5-7,9-10H,8H2,1-4H3,(H2,16,18). The van der Waals surface area contributed by atoms with E-state index in [0.717, 1.165) is 0 Å². The van der Waals surface area contributed by atoms with Gasteiger partial charge in [-0.2, -0.15) is 0 Å². The molecule has 1 atom stereocenters. The van der Waals surface area contributed by atoms with Gasteiger partial charge < -0.3 is 5.73 Å². The number of thiocarbonyl (C=S) groups is 1. The van der Waals surface area contributed by atoms with Gasteiger partial charge in [-0.15, -0.1) is 0 Å². The van der Waals surface area contributed by atoms with Gasteiger partial charge in [0.1, 0.15) is 10.8 Å². The van der Waals surface area contributed by atoms with E-state index in [4.69, 9.17) is 18.0 Å². The van der Waals surface area contributed by atoms with Gasteiger partial charge in [-0.3, -0.25) is 4.90 Å². The van der Waals surface area contributed by atoms with E-state index < -0.39 is 0 Å². The average Bonchev–Trinajstić information content (AvgIpc) is 2.30. The van der Waals surface area contributed by atoms with Crippen molar-refractivity contribution in [1.82, 2.24) is 4.90 Å². The molecule has 1 rings (SSSR count). The summed E-state index contributed by atoms with van der Waals surface area (Å²) in [6.07, 6.45) is 0. The number of benzene rings is 1. The Morgan fingerprint density at radius 2 is 2.00 bits per heavy atom. The van der Waals surface area contributed by atoms with Crippen molar-refractivity contribution in [2.45, 2.75) is 33.4 Å². The fourth-order valence-corrected chi connectivity index (χ4v) is 1.88. The third-order valence-electron chi connectivity index (χ3n) is 3.42. The van der Waals surface area contributed by atoms with Crippen LogP contribution in [0.15, 0.2) is 18.2 Å². The minimum absolute atomic E-state index is 0.226. The van der Waals surface area contributed by atoms with E-state index in [1.807, 2.05) is 7.05 Å². The summed E-state index contributed by atoms with van der Waals surface area (Å²) >= 11 is 4.83. The fraction of sp³-hybridized carbons (Fsp3) is 0.500. The van der Waals surface area contributed by atoms with Gasteiger partial charge in [0.25, 0.3) is 0 Å². The zero-order valence-electron chi connectivity index (χ0n) is 11.4. The Labute approximate surface area is 114 Å². The van der Waals surface area contributed by atoms with E-state index in [1.54, 1.807) is 12.1 Å². The largest absolute Gasteiger partial charge is 0.389 e. The molecular formula is C14H21FN2S. The van der Waals surface area contributed by atoms with E-state index in [-0.39, 0.29) is 10.8 Å². The van der Waals surface area contributed by atoms with E-state index >= 15 is 0 Å². The highest BCUT2D eigenvalue weighted by Gasteiger charge is 2.15. The molecule has 0 saturated heterocycles. The minimum Gasteiger partial charge on any atom is -0.389 e. The summed E-state index contributed by atoms with van der Waals surface area (Å²) < 4.78 is 13.9. The Bertz CT molecular complexity index is 432. The van der Waals surface area contributed by atoms with Crippen molar-refractivity contribution >= 4 is 17.2 Å². The maximum atomic E-state index is 13.9. The van der Waals surface area contributed by atoms with Crippen LogP contribution < -0.4 is 5.73 Å². The summed E-state index contributed by atoms with van der Waals surface area (Å²) in [6, 6.07) is 5.34. The van der Waals surface area contributed by atoms with Gasteiger partial charge in [0.05, 0.1) is 0 Å². The maximum absolute atomic E-state index is 13.9. The molecule has 100 valence electrons. The highest BCUT2D eigenvalue weighted by molar-refractivity contribution is 7.80. The van der Waals surface area contributed by atoms with Gasteiger partial charge in [0.2, 0.25) is 0 Å². The Balaban J connectivity index is 2.83. The van der Waals surface area contributed by atoms with Crippen molar-refractivity contribution in [3.05, 3.63) is 35.1 Å². The predicted octanol–water partition coefficient (Wildman–Crippen LogP) is 2.94. The van der Waals surface area contributed by atoms with Gasteiger partial charge >= 0.3 is 0 Å². The van der Waals surface area contributed by atoms with Crippen molar-refractivity contribution < 1.29 is 4.39 Å². The molecule has 0 saturated carbocycles.